The van der Waals surface area contributed by atoms with Gasteiger partial charge < -0.3 is 4.74 Å². The van der Waals surface area contributed by atoms with Gasteiger partial charge >= 0.3 is 0 Å². The van der Waals surface area contributed by atoms with E-state index in [1.807, 2.05) is 6.92 Å². The first-order chi connectivity index (χ1) is 9.06. The van der Waals surface area contributed by atoms with Crippen molar-refractivity contribution < 1.29 is 9.53 Å². The Bertz CT molecular complexity index is 424. The Kier molecular flexibility index (Phi) is 4.76. The Hall–Kier alpha value is -1.15. The van der Waals surface area contributed by atoms with Crippen LogP contribution in [0.25, 0.3) is 0 Å². The third kappa shape index (κ3) is 4.17. The number of hydrogen-bond donors (Lipinski definition) is 0. The van der Waals surface area contributed by atoms with Crippen molar-refractivity contribution in [2.75, 3.05) is 6.61 Å². The van der Waals surface area contributed by atoms with Gasteiger partial charge in [-0.1, -0.05) is 29.3 Å². The summed E-state index contributed by atoms with van der Waals surface area (Å²) in [6.07, 6.45) is 3.83. The second-order valence-electron chi connectivity index (χ2n) is 5.83. The molecule has 0 radical (unpaired) electrons. The lowest BCUT2D eigenvalue weighted by Crippen LogP contribution is -2.33. The Labute approximate surface area is 116 Å². The van der Waals surface area contributed by atoms with Crippen molar-refractivity contribution in [3.63, 3.8) is 0 Å². The van der Waals surface area contributed by atoms with Crippen molar-refractivity contribution >= 4 is 5.78 Å². The quantitative estimate of drug-likeness (QED) is 0.781. The van der Waals surface area contributed by atoms with Crippen molar-refractivity contribution in [2.24, 2.45) is 5.92 Å². The highest BCUT2D eigenvalue weighted by atomic mass is 16.5. The fourth-order valence-corrected chi connectivity index (χ4v) is 3.01. The third-order valence-corrected chi connectivity index (χ3v) is 3.79. The summed E-state index contributed by atoms with van der Waals surface area (Å²) in [5.41, 5.74) is 3.63. The molecule has 1 aromatic carbocycles. The molecule has 0 aliphatic heterocycles. The van der Waals surface area contributed by atoms with E-state index in [4.69, 9.17) is 4.74 Å². The summed E-state index contributed by atoms with van der Waals surface area (Å²) in [5, 5.41) is 0. The lowest BCUT2D eigenvalue weighted by atomic mass is 9.78. The molecule has 1 saturated carbocycles. The smallest absolute Gasteiger partial charge is 0.137 e. The van der Waals surface area contributed by atoms with Crippen molar-refractivity contribution in [3.05, 3.63) is 34.9 Å². The molecule has 0 heterocycles. The van der Waals surface area contributed by atoms with Gasteiger partial charge in [-0.15, -0.1) is 0 Å². The van der Waals surface area contributed by atoms with Gasteiger partial charge in [-0.2, -0.15) is 0 Å². The van der Waals surface area contributed by atoms with Crippen LogP contribution in [0.3, 0.4) is 0 Å². The zero-order valence-corrected chi connectivity index (χ0v) is 12.2. The predicted octanol–water partition coefficient (Wildman–Crippen LogP) is 3.62. The fraction of sp³-hybridized carbons (Fsp3) is 0.588. The van der Waals surface area contributed by atoms with Crippen LogP contribution in [-0.4, -0.2) is 18.5 Å². The molecule has 19 heavy (non-hydrogen) atoms. The molecule has 2 nitrogen and oxygen atoms in total. The summed E-state index contributed by atoms with van der Waals surface area (Å²) < 4.78 is 5.53. The Morgan fingerprint density at radius 3 is 2.42 bits per heavy atom. The standard InChI is InChI=1S/C17H24O2/c1-4-19-17-10-15(11-17)9-16(18)8-14-6-12(2)5-13(3)7-14/h5-7,15,17H,4,8-11H2,1-3H3. The molecule has 0 spiro atoms. The number of hydrogen-bond acceptors (Lipinski definition) is 2. The maximum Gasteiger partial charge on any atom is 0.137 e. The molecular formula is C17H24O2. The molecule has 2 rings (SSSR count). The number of benzene rings is 1. The normalized spacial score (nSPS) is 22.1. The molecule has 1 fully saturated rings. The zero-order chi connectivity index (χ0) is 13.8. The number of Topliss-reactive ketones (excluding diaryl/α,β-unsaturated/α-hetero) is 1. The molecule has 2 heteroatoms. The highest BCUT2D eigenvalue weighted by Gasteiger charge is 2.30. The molecular weight excluding hydrogens is 236 g/mol. The third-order valence-electron chi connectivity index (χ3n) is 3.79. The molecule has 0 N–H and O–H groups in total. The van der Waals surface area contributed by atoms with Gasteiger partial charge in [0, 0.05) is 19.4 Å². The number of ketones is 1. The maximum atomic E-state index is 12.1. The lowest BCUT2D eigenvalue weighted by Gasteiger charge is -2.34. The maximum absolute atomic E-state index is 12.1. The highest BCUT2D eigenvalue weighted by molar-refractivity contribution is 5.81. The molecule has 1 aliphatic carbocycles. The molecule has 0 aromatic heterocycles. The summed E-state index contributed by atoms with van der Waals surface area (Å²) in [6.45, 7) is 6.98. The van der Waals surface area contributed by atoms with Crippen molar-refractivity contribution in [2.45, 2.75) is 52.6 Å². The summed E-state index contributed by atoms with van der Waals surface area (Å²) >= 11 is 0. The molecule has 104 valence electrons. The first-order valence-electron chi connectivity index (χ1n) is 7.27. The molecule has 0 atom stereocenters. The number of carbonyl (C=O) groups excluding carboxylic acids is 1. The van der Waals surface area contributed by atoms with E-state index in [9.17, 15) is 4.79 Å². The minimum atomic E-state index is 0.366. The summed E-state index contributed by atoms with van der Waals surface area (Å²) in [6, 6.07) is 6.38. The van der Waals surface area contributed by atoms with E-state index in [0.717, 1.165) is 31.4 Å². The molecule has 0 amide bonds. The first kappa shape index (κ1) is 14.3. The zero-order valence-electron chi connectivity index (χ0n) is 12.2. The van der Waals surface area contributed by atoms with Gasteiger partial charge in [-0.05, 0) is 45.1 Å². The first-order valence-corrected chi connectivity index (χ1v) is 7.27. The predicted molar refractivity (Wildman–Crippen MR) is 77.4 cm³/mol. The summed E-state index contributed by atoms with van der Waals surface area (Å²) in [7, 11) is 0. The van der Waals surface area contributed by atoms with E-state index in [2.05, 4.69) is 32.0 Å². The van der Waals surface area contributed by atoms with Crippen LogP contribution in [0.2, 0.25) is 0 Å². The van der Waals surface area contributed by atoms with Crippen LogP contribution in [0, 0.1) is 19.8 Å². The minimum absolute atomic E-state index is 0.366. The molecule has 0 saturated heterocycles. The van der Waals surface area contributed by atoms with E-state index in [0.29, 0.717) is 24.2 Å². The lowest BCUT2D eigenvalue weighted by molar-refractivity contribution is -0.121. The number of carbonyl (C=O) groups is 1. The second-order valence-corrected chi connectivity index (χ2v) is 5.83. The highest BCUT2D eigenvalue weighted by Crippen LogP contribution is 2.33. The van der Waals surface area contributed by atoms with Crippen LogP contribution in [0.15, 0.2) is 18.2 Å². The molecule has 0 unspecified atom stereocenters. The van der Waals surface area contributed by atoms with Crippen LogP contribution in [0.1, 0.15) is 42.9 Å². The Morgan fingerprint density at radius 2 is 1.84 bits per heavy atom. The number of rotatable bonds is 6. The number of ether oxygens (including phenoxy) is 1. The Balaban J connectivity index is 1.79. The van der Waals surface area contributed by atoms with Crippen LogP contribution in [0.5, 0.6) is 0 Å². The van der Waals surface area contributed by atoms with Gasteiger partial charge in [0.1, 0.15) is 5.78 Å². The second kappa shape index (κ2) is 6.33. The van der Waals surface area contributed by atoms with E-state index in [1.54, 1.807) is 0 Å². The van der Waals surface area contributed by atoms with Gasteiger partial charge in [-0.3, -0.25) is 4.79 Å². The average Bonchev–Trinajstić information content (AvgIpc) is 2.24. The largest absolute Gasteiger partial charge is 0.378 e. The van der Waals surface area contributed by atoms with E-state index in [1.165, 1.54) is 11.1 Å². The monoisotopic (exact) mass is 260 g/mol. The minimum Gasteiger partial charge on any atom is -0.378 e. The molecule has 0 bridgehead atoms. The van der Waals surface area contributed by atoms with Crippen LogP contribution >= 0.6 is 0 Å². The molecule has 1 aliphatic rings. The van der Waals surface area contributed by atoms with Gasteiger partial charge in [0.15, 0.2) is 0 Å². The van der Waals surface area contributed by atoms with Crippen LogP contribution in [0.4, 0.5) is 0 Å². The van der Waals surface area contributed by atoms with E-state index >= 15 is 0 Å². The fourth-order valence-electron chi connectivity index (χ4n) is 3.01. The topological polar surface area (TPSA) is 26.3 Å². The van der Waals surface area contributed by atoms with Crippen molar-refractivity contribution in [1.29, 1.82) is 0 Å². The SMILES string of the molecule is CCOC1CC(CC(=O)Cc2cc(C)cc(C)c2)C1. The number of aryl methyl sites for hydroxylation is 2. The summed E-state index contributed by atoms with van der Waals surface area (Å²) in [4.78, 5) is 12.1. The van der Waals surface area contributed by atoms with Gasteiger partial charge in [0.25, 0.3) is 0 Å². The van der Waals surface area contributed by atoms with Crippen LogP contribution < -0.4 is 0 Å². The van der Waals surface area contributed by atoms with E-state index in [-0.39, 0.29) is 0 Å². The van der Waals surface area contributed by atoms with E-state index < -0.39 is 0 Å². The van der Waals surface area contributed by atoms with Gasteiger partial charge in [0.2, 0.25) is 0 Å². The van der Waals surface area contributed by atoms with Crippen LogP contribution in [-0.2, 0) is 16.0 Å². The van der Waals surface area contributed by atoms with Gasteiger partial charge in [0.05, 0.1) is 6.10 Å². The van der Waals surface area contributed by atoms with Gasteiger partial charge in [-0.25, -0.2) is 0 Å². The van der Waals surface area contributed by atoms with Crippen molar-refractivity contribution in [3.8, 4) is 0 Å². The molecule has 1 aromatic rings. The van der Waals surface area contributed by atoms with Crippen molar-refractivity contribution in [1.82, 2.24) is 0 Å². The Morgan fingerprint density at radius 1 is 1.21 bits per heavy atom. The average molecular weight is 260 g/mol. The summed E-state index contributed by atoms with van der Waals surface area (Å²) in [5.74, 6) is 0.917.